The molecule has 0 bridgehead atoms. The Balaban J connectivity index is 2.03. The number of pyridine rings is 1. The van der Waals surface area contributed by atoms with E-state index in [4.69, 9.17) is 0 Å². The van der Waals surface area contributed by atoms with Crippen LogP contribution >= 0.6 is 27.3 Å². The van der Waals surface area contributed by atoms with E-state index in [2.05, 4.69) is 52.0 Å². The number of hydrogen-bond donors (Lipinski definition) is 1. The molecule has 2 heterocycles. The van der Waals surface area contributed by atoms with Crippen LogP contribution in [0.25, 0.3) is 0 Å². The van der Waals surface area contributed by atoms with Crippen molar-refractivity contribution in [3.63, 3.8) is 0 Å². The predicted octanol–water partition coefficient (Wildman–Crippen LogP) is 4.21. The second kappa shape index (κ2) is 5.36. The van der Waals surface area contributed by atoms with E-state index in [9.17, 15) is 0 Å². The minimum absolute atomic E-state index is 0.123. The van der Waals surface area contributed by atoms with Crippen LogP contribution < -0.4 is 5.32 Å². The van der Waals surface area contributed by atoms with Crippen molar-refractivity contribution in [1.29, 1.82) is 0 Å². The smallest absolute Gasteiger partial charge is 0.129 e. The third-order valence-corrected chi connectivity index (χ3v) is 4.46. The van der Waals surface area contributed by atoms with Crippen molar-refractivity contribution in [3.05, 3.63) is 39.0 Å². The second-order valence-electron chi connectivity index (χ2n) is 5.08. The van der Waals surface area contributed by atoms with Gasteiger partial charge in [-0.1, -0.05) is 20.8 Å². The zero-order valence-corrected chi connectivity index (χ0v) is 13.1. The molecule has 0 amide bonds. The first-order valence-electron chi connectivity index (χ1n) is 5.76. The van der Waals surface area contributed by atoms with Crippen molar-refractivity contribution in [3.8, 4) is 0 Å². The second-order valence-corrected chi connectivity index (χ2v) is 6.94. The van der Waals surface area contributed by atoms with Crippen LogP contribution in [0, 0.1) is 0 Å². The molecular weight excluding hydrogens is 310 g/mol. The van der Waals surface area contributed by atoms with Gasteiger partial charge in [0.25, 0.3) is 0 Å². The molecule has 5 heteroatoms. The highest BCUT2D eigenvalue weighted by atomic mass is 79.9. The van der Waals surface area contributed by atoms with Gasteiger partial charge in [-0.15, -0.1) is 11.3 Å². The van der Waals surface area contributed by atoms with Crippen molar-refractivity contribution >= 4 is 33.0 Å². The summed E-state index contributed by atoms with van der Waals surface area (Å²) < 4.78 is 0.838. The largest absolute Gasteiger partial charge is 0.378 e. The maximum Gasteiger partial charge on any atom is 0.129 e. The van der Waals surface area contributed by atoms with Gasteiger partial charge in [0.2, 0.25) is 0 Å². The zero-order chi connectivity index (χ0) is 13.2. The van der Waals surface area contributed by atoms with E-state index in [1.54, 1.807) is 17.5 Å². The number of hydrogen-bond acceptors (Lipinski definition) is 4. The Morgan fingerprint density at radius 3 is 2.72 bits per heavy atom. The van der Waals surface area contributed by atoms with Gasteiger partial charge in [0.05, 0.1) is 17.2 Å². The maximum atomic E-state index is 4.47. The van der Waals surface area contributed by atoms with Gasteiger partial charge in [0, 0.05) is 22.7 Å². The molecule has 2 aromatic rings. The fourth-order valence-corrected chi connectivity index (χ4v) is 2.74. The lowest BCUT2D eigenvalue weighted by Crippen LogP contribution is -2.09. The molecule has 18 heavy (non-hydrogen) atoms. The fourth-order valence-electron chi connectivity index (χ4n) is 1.44. The van der Waals surface area contributed by atoms with E-state index < -0.39 is 0 Å². The average molecular weight is 326 g/mol. The lowest BCUT2D eigenvalue weighted by Gasteiger charge is -2.13. The molecule has 96 valence electrons. The van der Waals surface area contributed by atoms with E-state index in [1.807, 2.05) is 18.3 Å². The first-order valence-corrected chi connectivity index (χ1v) is 7.37. The van der Waals surface area contributed by atoms with Crippen LogP contribution in [0.5, 0.6) is 0 Å². The third-order valence-electron chi connectivity index (χ3n) is 2.41. The molecule has 2 rings (SSSR count). The van der Waals surface area contributed by atoms with Crippen LogP contribution in [0.2, 0.25) is 0 Å². The van der Waals surface area contributed by atoms with E-state index in [0.717, 1.165) is 16.8 Å². The minimum atomic E-state index is 0.123. The summed E-state index contributed by atoms with van der Waals surface area (Å²) in [5.41, 5.74) is 1.13. The Labute approximate surface area is 120 Å². The standard InChI is InChI=1S/C13H16BrN3S/c1-13(2,3)12-17-8-9(18-12)7-16-10-5-4-6-15-11(10)14/h4-6,8,16H,7H2,1-3H3. The van der Waals surface area contributed by atoms with Crippen molar-refractivity contribution in [2.45, 2.75) is 32.7 Å². The summed E-state index contributed by atoms with van der Waals surface area (Å²) in [6, 6.07) is 3.92. The lowest BCUT2D eigenvalue weighted by molar-refractivity contribution is 0.585. The summed E-state index contributed by atoms with van der Waals surface area (Å²) in [5.74, 6) is 0. The molecule has 0 fully saturated rings. The Morgan fingerprint density at radius 2 is 2.11 bits per heavy atom. The zero-order valence-electron chi connectivity index (χ0n) is 10.7. The van der Waals surface area contributed by atoms with Crippen LogP contribution in [0.3, 0.4) is 0 Å². The summed E-state index contributed by atoms with van der Waals surface area (Å²) in [6.07, 6.45) is 3.71. The molecule has 0 saturated heterocycles. The Kier molecular flexibility index (Phi) is 4.02. The van der Waals surface area contributed by atoms with E-state index in [-0.39, 0.29) is 5.41 Å². The minimum Gasteiger partial charge on any atom is -0.378 e. The van der Waals surface area contributed by atoms with Gasteiger partial charge in [-0.3, -0.25) is 0 Å². The van der Waals surface area contributed by atoms with Crippen LogP contribution in [-0.2, 0) is 12.0 Å². The normalized spacial score (nSPS) is 11.6. The van der Waals surface area contributed by atoms with Gasteiger partial charge >= 0.3 is 0 Å². The molecule has 0 unspecified atom stereocenters. The summed E-state index contributed by atoms with van der Waals surface area (Å²) in [6.45, 7) is 7.32. The summed E-state index contributed by atoms with van der Waals surface area (Å²) in [7, 11) is 0. The third kappa shape index (κ3) is 3.29. The number of rotatable bonds is 3. The van der Waals surface area contributed by atoms with Gasteiger partial charge < -0.3 is 5.32 Å². The SMILES string of the molecule is CC(C)(C)c1ncc(CNc2cccnc2Br)s1. The Hall–Kier alpha value is -0.940. The van der Waals surface area contributed by atoms with E-state index in [1.165, 1.54) is 9.88 Å². The summed E-state index contributed by atoms with van der Waals surface area (Å²) in [5, 5.41) is 4.53. The van der Waals surface area contributed by atoms with Gasteiger partial charge in [-0.2, -0.15) is 0 Å². The van der Waals surface area contributed by atoms with Crippen LogP contribution in [0.15, 0.2) is 29.1 Å². The monoisotopic (exact) mass is 325 g/mol. The first-order chi connectivity index (χ1) is 8.47. The number of halogens is 1. The van der Waals surface area contributed by atoms with Crippen LogP contribution in [0.1, 0.15) is 30.7 Å². The Bertz CT molecular complexity index is 531. The topological polar surface area (TPSA) is 37.8 Å². The Morgan fingerprint density at radius 1 is 1.33 bits per heavy atom. The summed E-state index contributed by atoms with van der Waals surface area (Å²) >= 11 is 5.18. The van der Waals surface area contributed by atoms with Crippen LogP contribution in [0.4, 0.5) is 5.69 Å². The molecule has 0 aromatic carbocycles. The number of nitrogens with zero attached hydrogens (tertiary/aromatic N) is 2. The molecule has 0 radical (unpaired) electrons. The molecule has 1 N–H and O–H groups in total. The number of anilines is 1. The van der Waals surface area contributed by atoms with Crippen molar-refractivity contribution in [2.75, 3.05) is 5.32 Å². The highest BCUT2D eigenvalue weighted by Crippen LogP contribution is 2.27. The number of nitrogens with one attached hydrogen (secondary N) is 1. The van der Waals surface area contributed by atoms with Gasteiger partial charge in [-0.05, 0) is 28.1 Å². The van der Waals surface area contributed by atoms with E-state index >= 15 is 0 Å². The van der Waals surface area contributed by atoms with Gasteiger partial charge in [0.15, 0.2) is 0 Å². The van der Waals surface area contributed by atoms with Crippen LogP contribution in [-0.4, -0.2) is 9.97 Å². The molecule has 0 aliphatic rings. The molecule has 0 atom stereocenters. The first kappa shape index (κ1) is 13.5. The highest BCUT2D eigenvalue weighted by Gasteiger charge is 2.17. The average Bonchev–Trinajstić information content (AvgIpc) is 2.76. The molecule has 0 aliphatic carbocycles. The van der Waals surface area contributed by atoms with Crippen molar-refractivity contribution < 1.29 is 0 Å². The van der Waals surface area contributed by atoms with Gasteiger partial charge in [0.1, 0.15) is 4.60 Å². The predicted molar refractivity (Wildman–Crippen MR) is 80.1 cm³/mol. The maximum absolute atomic E-state index is 4.47. The molecule has 2 aromatic heterocycles. The lowest BCUT2D eigenvalue weighted by atomic mass is 9.98. The van der Waals surface area contributed by atoms with Crippen molar-refractivity contribution in [2.24, 2.45) is 0 Å². The van der Waals surface area contributed by atoms with Crippen molar-refractivity contribution in [1.82, 2.24) is 9.97 Å². The molecule has 3 nitrogen and oxygen atoms in total. The van der Waals surface area contributed by atoms with E-state index in [0.29, 0.717) is 0 Å². The van der Waals surface area contributed by atoms with Gasteiger partial charge in [-0.25, -0.2) is 9.97 Å². The fraction of sp³-hybridized carbons (Fsp3) is 0.385. The number of thiazole rings is 1. The molecule has 0 spiro atoms. The molecule has 0 aliphatic heterocycles. The molecule has 0 saturated carbocycles. The quantitative estimate of drug-likeness (QED) is 0.859. The highest BCUT2D eigenvalue weighted by molar-refractivity contribution is 9.10. The number of aromatic nitrogens is 2. The molecular formula is C13H16BrN3S. The summed E-state index contributed by atoms with van der Waals surface area (Å²) in [4.78, 5) is 9.88.